The van der Waals surface area contributed by atoms with Gasteiger partial charge in [-0.2, -0.15) is 0 Å². The molecule has 0 aliphatic heterocycles. The molecule has 1 rings (SSSR count). The van der Waals surface area contributed by atoms with Gasteiger partial charge in [-0.3, -0.25) is 0 Å². The van der Waals surface area contributed by atoms with Gasteiger partial charge in [-0.05, 0) is 0 Å². The molecule has 0 bridgehead atoms. The summed E-state index contributed by atoms with van der Waals surface area (Å²) in [6, 6.07) is 2.54. The van der Waals surface area contributed by atoms with Gasteiger partial charge < -0.3 is 9.47 Å². The Hall–Kier alpha value is -0.650. The number of methoxy groups -OCH3 is 2. The third-order valence-electron chi connectivity index (χ3n) is 1.70. The van der Waals surface area contributed by atoms with Crippen LogP contribution in [0.25, 0.3) is 0 Å². The maximum absolute atomic E-state index is 11.2. The van der Waals surface area contributed by atoms with Crippen LogP contribution in [0.2, 0.25) is 5.02 Å². The van der Waals surface area contributed by atoms with Crippen molar-refractivity contribution in [2.45, 2.75) is 4.90 Å². The summed E-state index contributed by atoms with van der Waals surface area (Å²) < 4.78 is 32.1. The van der Waals surface area contributed by atoms with Crippen LogP contribution >= 0.6 is 22.3 Å². The summed E-state index contributed by atoms with van der Waals surface area (Å²) in [6.07, 6.45) is 0. The molecule has 15 heavy (non-hydrogen) atoms. The van der Waals surface area contributed by atoms with Crippen molar-refractivity contribution >= 4 is 31.3 Å². The van der Waals surface area contributed by atoms with Crippen LogP contribution in [0.4, 0.5) is 0 Å². The molecular formula is C8H8Cl2O4S. The average molecular weight is 271 g/mol. The van der Waals surface area contributed by atoms with E-state index in [4.69, 9.17) is 31.8 Å². The standard InChI is InChI=1S/C8H8Cl2O4S/c1-13-6-4-8(15(10,11)12)7(14-2)3-5(6)9/h3-4H,1-2H3. The van der Waals surface area contributed by atoms with Crippen LogP contribution < -0.4 is 9.47 Å². The Morgan fingerprint density at radius 3 is 2.07 bits per heavy atom. The first kappa shape index (κ1) is 12.4. The maximum atomic E-state index is 11.2. The van der Waals surface area contributed by atoms with Crippen LogP contribution in [-0.4, -0.2) is 22.6 Å². The first-order valence-electron chi connectivity index (χ1n) is 3.76. The van der Waals surface area contributed by atoms with Crippen molar-refractivity contribution in [1.29, 1.82) is 0 Å². The molecule has 0 amide bonds. The van der Waals surface area contributed by atoms with Gasteiger partial charge in [-0.25, -0.2) is 8.42 Å². The fraction of sp³-hybridized carbons (Fsp3) is 0.250. The topological polar surface area (TPSA) is 52.6 Å². The number of halogens is 2. The van der Waals surface area contributed by atoms with Gasteiger partial charge in [0.15, 0.2) is 0 Å². The van der Waals surface area contributed by atoms with Crippen LogP contribution in [0.3, 0.4) is 0 Å². The van der Waals surface area contributed by atoms with Gasteiger partial charge in [0.05, 0.1) is 19.2 Å². The van der Waals surface area contributed by atoms with Gasteiger partial charge in [0.2, 0.25) is 0 Å². The Labute approximate surface area is 97.1 Å². The molecule has 4 nitrogen and oxygen atoms in total. The molecule has 1 aromatic rings. The fourth-order valence-corrected chi connectivity index (χ4v) is 2.25. The van der Waals surface area contributed by atoms with Gasteiger partial charge >= 0.3 is 0 Å². The fourth-order valence-electron chi connectivity index (χ4n) is 1.02. The molecule has 0 N–H and O–H groups in total. The Balaban J connectivity index is 3.49. The van der Waals surface area contributed by atoms with Crippen LogP contribution in [0.5, 0.6) is 11.5 Å². The van der Waals surface area contributed by atoms with Crippen LogP contribution in [0.15, 0.2) is 17.0 Å². The Kier molecular flexibility index (Phi) is 3.70. The second-order valence-corrected chi connectivity index (χ2v) is 5.52. The summed E-state index contributed by atoms with van der Waals surface area (Å²) in [4.78, 5) is -0.173. The zero-order valence-corrected chi connectivity index (χ0v) is 10.3. The van der Waals surface area contributed by atoms with Crippen molar-refractivity contribution in [3.8, 4) is 11.5 Å². The van der Waals surface area contributed by atoms with E-state index in [1.165, 1.54) is 26.4 Å². The largest absolute Gasteiger partial charge is 0.495 e. The molecule has 0 atom stereocenters. The van der Waals surface area contributed by atoms with E-state index in [0.717, 1.165) is 0 Å². The monoisotopic (exact) mass is 270 g/mol. The van der Waals surface area contributed by atoms with E-state index in [-0.39, 0.29) is 21.4 Å². The first-order chi connectivity index (χ1) is 6.90. The highest BCUT2D eigenvalue weighted by molar-refractivity contribution is 8.13. The van der Waals surface area contributed by atoms with Gasteiger partial charge in [0, 0.05) is 22.8 Å². The first-order valence-corrected chi connectivity index (χ1v) is 6.45. The molecule has 7 heteroatoms. The van der Waals surface area contributed by atoms with Crippen LogP contribution in [-0.2, 0) is 9.05 Å². The second kappa shape index (κ2) is 4.47. The minimum absolute atomic E-state index is 0.0794. The number of hydrogen-bond donors (Lipinski definition) is 0. The summed E-state index contributed by atoms with van der Waals surface area (Å²) in [7, 11) is 4.03. The molecular weight excluding hydrogens is 263 g/mol. The normalized spacial score (nSPS) is 11.2. The molecule has 0 saturated carbocycles. The summed E-state index contributed by atoms with van der Waals surface area (Å²) >= 11 is 5.79. The van der Waals surface area contributed by atoms with E-state index >= 15 is 0 Å². The molecule has 0 heterocycles. The van der Waals surface area contributed by atoms with Gasteiger partial charge in [0.1, 0.15) is 16.4 Å². The van der Waals surface area contributed by atoms with Gasteiger partial charge in [-0.1, -0.05) is 11.6 Å². The Bertz CT molecular complexity index is 470. The highest BCUT2D eigenvalue weighted by Gasteiger charge is 2.19. The average Bonchev–Trinajstić information content (AvgIpc) is 2.15. The maximum Gasteiger partial charge on any atom is 0.265 e. The number of ether oxygens (including phenoxy) is 2. The minimum Gasteiger partial charge on any atom is -0.495 e. The quantitative estimate of drug-likeness (QED) is 0.791. The number of rotatable bonds is 3. The van der Waals surface area contributed by atoms with E-state index < -0.39 is 9.05 Å². The highest BCUT2D eigenvalue weighted by atomic mass is 35.7. The summed E-state index contributed by atoms with van der Waals surface area (Å²) in [5, 5.41) is 0.249. The molecule has 0 aliphatic rings. The third-order valence-corrected chi connectivity index (χ3v) is 3.34. The van der Waals surface area contributed by atoms with Crippen molar-refractivity contribution in [3.05, 3.63) is 17.2 Å². The number of hydrogen-bond acceptors (Lipinski definition) is 4. The summed E-state index contributed by atoms with van der Waals surface area (Å²) in [5.74, 6) is 0.299. The van der Waals surface area contributed by atoms with Crippen molar-refractivity contribution in [3.63, 3.8) is 0 Å². The Morgan fingerprint density at radius 2 is 1.67 bits per heavy atom. The Morgan fingerprint density at radius 1 is 1.13 bits per heavy atom. The molecule has 0 unspecified atom stereocenters. The predicted octanol–water partition coefficient (Wildman–Crippen LogP) is 2.28. The van der Waals surface area contributed by atoms with Crippen molar-refractivity contribution in [1.82, 2.24) is 0 Å². The zero-order valence-electron chi connectivity index (χ0n) is 7.95. The van der Waals surface area contributed by atoms with Crippen LogP contribution in [0.1, 0.15) is 0 Å². The second-order valence-electron chi connectivity index (χ2n) is 2.58. The van der Waals surface area contributed by atoms with E-state index in [2.05, 4.69) is 0 Å². The van der Waals surface area contributed by atoms with Crippen molar-refractivity contribution < 1.29 is 17.9 Å². The lowest BCUT2D eigenvalue weighted by Gasteiger charge is -2.09. The molecule has 0 fully saturated rings. The lowest BCUT2D eigenvalue weighted by molar-refractivity contribution is 0.393. The minimum atomic E-state index is -3.89. The molecule has 0 saturated heterocycles. The van der Waals surface area contributed by atoms with Crippen molar-refractivity contribution in [2.75, 3.05) is 14.2 Å². The predicted molar refractivity (Wildman–Crippen MR) is 57.6 cm³/mol. The lowest BCUT2D eigenvalue weighted by atomic mass is 10.3. The SMILES string of the molecule is COc1cc(S(=O)(=O)Cl)c(OC)cc1Cl. The van der Waals surface area contributed by atoms with Gasteiger partial charge in [0.25, 0.3) is 9.05 Å². The molecule has 0 aliphatic carbocycles. The molecule has 0 radical (unpaired) electrons. The smallest absolute Gasteiger partial charge is 0.265 e. The highest BCUT2D eigenvalue weighted by Crippen LogP contribution is 2.36. The third kappa shape index (κ3) is 2.68. The molecule has 0 aromatic heterocycles. The van der Waals surface area contributed by atoms with E-state index in [9.17, 15) is 8.42 Å². The number of benzene rings is 1. The summed E-state index contributed by atoms with van der Waals surface area (Å²) in [6.45, 7) is 0. The summed E-state index contributed by atoms with van der Waals surface area (Å²) in [5.41, 5.74) is 0. The molecule has 84 valence electrons. The molecule has 0 spiro atoms. The van der Waals surface area contributed by atoms with E-state index in [0.29, 0.717) is 0 Å². The van der Waals surface area contributed by atoms with Gasteiger partial charge in [-0.15, -0.1) is 0 Å². The van der Waals surface area contributed by atoms with E-state index in [1.807, 2.05) is 0 Å². The molecule has 1 aromatic carbocycles. The lowest BCUT2D eigenvalue weighted by Crippen LogP contribution is -1.97. The zero-order chi connectivity index (χ0) is 11.6. The van der Waals surface area contributed by atoms with E-state index in [1.54, 1.807) is 0 Å². The van der Waals surface area contributed by atoms with Crippen molar-refractivity contribution in [2.24, 2.45) is 0 Å². The van der Waals surface area contributed by atoms with Crippen LogP contribution in [0, 0.1) is 0 Å².